The number of ketones is 2. The van der Waals surface area contributed by atoms with Gasteiger partial charge in [-0.05, 0) is 92.3 Å². The molecule has 2 unspecified atom stereocenters. The zero-order chi connectivity index (χ0) is 40.8. The van der Waals surface area contributed by atoms with Crippen LogP contribution in [0.4, 0.5) is 5.69 Å². The molecule has 0 aromatic heterocycles. The van der Waals surface area contributed by atoms with Gasteiger partial charge in [-0.2, -0.15) is 0 Å². The molecular weight excluding hydrogens is 854 g/mol. The molecule has 0 bridgehead atoms. The van der Waals surface area contributed by atoms with Gasteiger partial charge in [0.1, 0.15) is 0 Å². The molecule has 1 fully saturated rings. The molecule has 2 atom stereocenters. The minimum Gasteiger partial charge on any atom is -0.503 e. The van der Waals surface area contributed by atoms with Gasteiger partial charge in [0, 0.05) is 40.8 Å². The zero-order valence-corrected chi connectivity index (χ0v) is 35.3. The number of rotatable bonds is 11. The number of morpholine rings is 1. The van der Waals surface area contributed by atoms with Crippen LogP contribution in [0.25, 0.3) is 0 Å². The van der Waals surface area contributed by atoms with E-state index in [1.54, 1.807) is 9.80 Å². The molecule has 4 aromatic rings. The van der Waals surface area contributed by atoms with Gasteiger partial charge in [0.2, 0.25) is 0 Å². The van der Waals surface area contributed by atoms with Crippen molar-refractivity contribution in [2.75, 3.05) is 44.3 Å². The molecule has 2 N–H and O–H groups in total. The van der Waals surface area contributed by atoms with E-state index in [-0.39, 0.29) is 22.7 Å². The SMILES string of the molecule is CC(=O)C1=C(O)C(=O)N(CCc2ccc(N3CCOCC3)cc2)C1c1ccc(Br)cc1.CC(=O)C1=C(O)C(=O)N(CCc2cccc(C)c2)C1c1ccc(Br)cc1. The first-order valence-electron chi connectivity index (χ1n) is 18.8. The second-order valence-electron chi connectivity index (χ2n) is 14.3. The fourth-order valence-electron chi connectivity index (χ4n) is 7.53. The molecule has 7 rings (SSSR count). The number of ether oxygens (including phenoxy) is 1. The summed E-state index contributed by atoms with van der Waals surface area (Å²) in [4.78, 5) is 55.2. The van der Waals surface area contributed by atoms with Crippen molar-refractivity contribution in [1.82, 2.24) is 9.80 Å². The number of nitrogens with zero attached hydrogens (tertiary/aromatic N) is 3. The minimum absolute atomic E-state index is 0.162. The maximum absolute atomic E-state index is 12.8. The van der Waals surface area contributed by atoms with E-state index in [0.717, 1.165) is 68.8 Å². The normalized spacial score (nSPS) is 18.3. The summed E-state index contributed by atoms with van der Waals surface area (Å²) in [6.07, 6.45) is 1.28. The predicted octanol–water partition coefficient (Wildman–Crippen LogP) is 8.10. The Kier molecular flexibility index (Phi) is 13.5. The van der Waals surface area contributed by atoms with Crippen LogP contribution in [0.3, 0.4) is 0 Å². The number of carbonyl (C=O) groups excluding carboxylic acids is 4. The van der Waals surface area contributed by atoms with Gasteiger partial charge in [-0.1, -0.05) is 98.1 Å². The van der Waals surface area contributed by atoms with Crippen molar-refractivity contribution in [3.63, 3.8) is 0 Å². The van der Waals surface area contributed by atoms with Gasteiger partial charge in [-0.3, -0.25) is 19.2 Å². The molecule has 10 nitrogen and oxygen atoms in total. The van der Waals surface area contributed by atoms with E-state index < -0.39 is 35.4 Å². The summed E-state index contributed by atoms with van der Waals surface area (Å²) in [5.74, 6) is -2.45. The Hall–Kier alpha value is -5.04. The van der Waals surface area contributed by atoms with Gasteiger partial charge in [0.05, 0.1) is 36.4 Å². The predicted molar refractivity (Wildman–Crippen MR) is 226 cm³/mol. The number of Topliss-reactive ketones (excluding diaryl/α,β-unsaturated/α-hetero) is 2. The lowest BCUT2D eigenvalue weighted by atomic mass is 9.96. The second kappa shape index (κ2) is 18.5. The highest BCUT2D eigenvalue weighted by Crippen LogP contribution is 2.39. The van der Waals surface area contributed by atoms with E-state index in [0.29, 0.717) is 25.9 Å². The van der Waals surface area contributed by atoms with Crippen molar-refractivity contribution >= 4 is 60.9 Å². The number of halogens is 2. The zero-order valence-electron chi connectivity index (χ0n) is 32.1. The van der Waals surface area contributed by atoms with Crippen LogP contribution in [0.2, 0.25) is 0 Å². The number of hydrogen-bond donors (Lipinski definition) is 2. The molecule has 3 aliphatic rings. The minimum atomic E-state index is -0.578. The molecule has 4 aromatic carbocycles. The van der Waals surface area contributed by atoms with Crippen molar-refractivity contribution in [2.45, 2.75) is 45.7 Å². The lowest BCUT2D eigenvalue weighted by molar-refractivity contribution is -0.130. The van der Waals surface area contributed by atoms with Gasteiger partial charge >= 0.3 is 0 Å². The van der Waals surface area contributed by atoms with E-state index in [1.807, 2.05) is 73.7 Å². The summed E-state index contributed by atoms with van der Waals surface area (Å²) < 4.78 is 7.23. The summed E-state index contributed by atoms with van der Waals surface area (Å²) in [5.41, 5.74) is 6.46. The molecule has 1 saturated heterocycles. The van der Waals surface area contributed by atoms with Crippen LogP contribution in [-0.4, -0.2) is 82.8 Å². The van der Waals surface area contributed by atoms with E-state index in [2.05, 4.69) is 67.1 Å². The first kappa shape index (κ1) is 41.6. The molecule has 0 aliphatic carbocycles. The molecule has 3 heterocycles. The third kappa shape index (κ3) is 9.57. The first-order chi connectivity index (χ1) is 27.3. The van der Waals surface area contributed by atoms with Gasteiger partial charge in [-0.15, -0.1) is 0 Å². The number of benzene rings is 4. The van der Waals surface area contributed by atoms with Gasteiger partial charge in [-0.25, -0.2) is 0 Å². The average molecular weight is 900 g/mol. The summed E-state index contributed by atoms with van der Waals surface area (Å²) in [6, 6.07) is 30.2. The average Bonchev–Trinajstić information content (AvgIpc) is 3.61. The van der Waals surface area contributed by atoms with Gasteiger partial charge in [0.15, 0.2) is 23.1 Å². The van der Waals surface area contributed by atoms with Crippen molar-refractivity contribution in [2.24, 2.45) is 0 Å². The summed E-state index contributed by atoms with van der Waals surface area (Å²) in [6.45, 7) is 8.87. The van der Waals surface area contributed by atoms with Crippen LogP contribution in [0.5, 0.6) is 0 Å². The molecule has 0 spiro atoms. The van der Waals surface area contributed by atoms with Crippen LogP contribution >= 0.6 is 31.9 Å². The largest absolute Gasteiger partial charge is 0.503 e. The van der Waals surface area contributed by atoms with Crippen LogP contribution in [-0.2, 0) is 36.8 Å². The molecule has 0 saturated carbocycles. The topological polar surface area (TPSA) is 128 Å². The lowest BCUT2D eigenvalue weighted by Gasteiger charge is -2.29. The quantitative estimate of drug-likeness (QED) is 0.155. The van der Waals surface area contributed by atoms with Crippen molar-refractivity contribution in [1.29, 1.82) is 0 Å². The Balaban J connectivity index is 0.000000196. The Morgan fingerprint density at radius 1 is 0.667 bits per heavy atom. The Morgan fingerprint density at radius 2 is 1.12 bits per heavy atom. The van der Waals surface area contributed by atoms with Crippen LogP contribution in [0.15, 0.2) is 129 Å². The molecule has 2 amide bonds. The highest BCUT2D eigenvalue weighted by atomic mass is 79.9. The van der Waals surface area contributed by atoms with Crippen molar-refractivity contribution in [3.05, 3.63) is 156 Å². The molecule has 296 valence electrons. The Labute approximate surface area is 349 Å². The maximum Gasteiger partial charge on any atom is 0.290 e. The van der Waals surface area contributed by atoms with E-state index >= 15 is 0 Å². The number of aryl methyl sites for hydroxylation is 1. The Morgan fingerprint density at radius 3 is 1.56 bits per heavy atom. The van der Waals surface area contributed by atoms with Crippen LogP contribution < -0.4 is 4.90 Å². The van der Waals surface area contributed by atoms with E-state index in [9.17, 15) is 29.4 Å². The highest BCUT2D eigenvalue weighted by molar-refractivity contribution is 9.10. The fourth-order valence-corrected chi connectivity index (χ4v) is 8.06. The molecule has 57 heavy (non-hydrogen) atoms. The van der Waals surface area contributed by atoms with Gasteiger partial charge in [0.25, 0.3) is 11.8 Å². The molecule has 3 aliphatic heterocycles. The fraction of sp³-hybridized carbons (Fsp3) is 0.289. The first-order valence-corrected chi connectivity index (χ1v) is 20.4. The summed E-state index contributed by atoms with van der Waals surface area (Å²) >= 11 is 6.81. The summed E-state index contributed by atoms with van der Waals surface area (Å²) in [7, 11) is 0. The number of anilines is 1. The maximum atomic E-state index is 12.8. The van der Waals surface area contributed by atoms with E-state index in [1.165, 1.54) is 13.8 Å². The molecule has 12 heteroatoms. The van der Waals surface area contributed by atoms with Gasteiger partial charge < -0.3 is 29.6 Å². The summed E-state index contributed by atoms with van der Waals surface area (Å²) in [5, 5.41) is 20.7. The smallest absolute Gasteiger partial charge is 0.290 e. The number of aliphatic hydroxyl groups excluding tert-OH is 2. The lowest BCUT2D eigenvalue weighted by Crippen LogP contribution is -2.36. The number of aliphatic hydroxyl groups is 2. The molecule has 0 radical (unpaired) electrons. The Bertz CT molecular complexity index is 2200. The number of amides is 2. The number of carbonyl (C=O) groups is 4. The third-order valence-corrected chi connectivity index (χ3v) is 11.5. The van der Waals surface area contributed by atoms with E-state index in [4.69, 9.17) is 4.74 Å². The second-order valence-corrected chi connectivity index (χ2v) is 16.1. The highest BCUT2D eigenvalue weighted by Gasteiger charge is 2.43. The van der Waals surface area contributed by atoms with Crippen LogP contribution in [0.1, 0.15) is 53.7 Å². The third-order valence-electron chi connectivity index (χ3n) is 10.4. The standard InChI is InChI=1S/C24H25BrN2O4.C21H20BrNO3/c1-16(28)21-22(18-4-6-19(25)7-5-18)27(24(30)23(21)29)11-10-17-2-8-20(9-3-17)26-12-14-31-15-13-26;1-13-4-3-5-15(12-13)10-11-23-19(16-6-8-17(22)9-7-16)18(14(2)24)20(25)21(23)26/h2-9,22,29H,10-15H2,1H3;3-9,12,19,25H,10-11H2,1-2H3. The van der Waals surface area contributed by atoms with Crippen LogP contribution in [0, 0.1) is 6.92 Å². The monoisotopic (exact) mass is 897 g/mol. The van der Waals surface area contributed by atoms with Crippen molar-refractivity contribution < 1.29 is 34.1 Å². The molecular formula is C45H45Br2N3O7. The van der Waals surface area contributed by atoms with Crippen molar-refractivity contribution in [3.8, 4) is 0 Å². The number of hydrogen-bond acceptors (Lipinski definition) is 8.